The van der Waals surface area contributed by atoms with Gasteiger partial charge in [0.2, 0.25) is 0 Å². The van der Waals surface area contributed by atoms with Crippen LogP contribution in [0.15, 0.2) is 12.1 Å². The number of rotatable bonds is 3. The van der Waals surface area contributed by atoms with E-state index in [1.807, 2.05) is 0 Å². The van der Waals surface area contributed by atoms with Crippen LogP contribution < -0.4 is 0 Å². The van der Waals surface area contributed by atoms with E-state index in [9.17, 15) is 14.0 Å². The second kappa shape index (κ2) is 4.08. The van der Waals surface area contributed by atoms with Crippen molar-refractivity contribution in [1.82, 2.24) is 0 Å². The lowest BCUT2D eigenvalue weighted by Gasteiger charge is -2.05. The number of aromatic carboxylic acids is 2. The maximum atomic E-state index is 13.3. The molecule has 0 aromatic heterocycles. The highest BCUT2D eigenvalue weighted by atomic mass is 19.1. The Morgan fingerprint density at radius 3 is 1.87 bits per heavy atom. The molecule has 2 N–H and O–H groups in total. The van der Waals surface area contributed by atoms with E-state index in [4.69, 9.17) is 10.2 Å². The Morgan fingerprint density at radius 2 is 1.60 bits per heavy atom. The van der Waals surface area contributed by atoms with Gasteiger partial charge in [0, 0.05) is 0 Å². The van der Waals surface area contributed by atoms with Gasteiger partial charge in [-0.2, -0.15) is 0 Å². The third kappa shape index (κ3) is 2.12. The normalized spacial score (nSPS) is 10.0. The lowest BCUT2D eigenvalue weighted by atomic mass is 10.0. The van der Waals surface area contributed by atoms with E-state index < -0.39 is 28.9 Å². The van der Waals surface area contributed by atoms with E-state index in [0.29, 0.717) is 12.0 Å². The number of halogens is 1. The summed E-state index contributed by atoms with van der Waals surface area (Å²) in [5.74, 6) is -4.14. The number of carboxylic acids is 2. The molecule has 0 spiro atoms. The largest absolute Gasteiger partial charge is 0.478 e. The Hall–Kier alpha value is -1.91. The molecule has 0 amide bonds. The van der Waals surface area contributed by atoms with Gasteiger partial charge in [-0.05, 0) is 24.1 Å². The SMILES string of the molecule is CCc1cc(C(=O)O)c(F)c(C(=O)O)c1. The summed E-state index contributed by atoms with van der Waals surface area (Å²) < 4.78 is 13.3. The summed E-state index contributed by atoms with van der Waals surface area (Å²) in [4.78, 5) is 21.3. The average Bonchev–Trinajstić information content (AvgIpc) is 2.17. The van der Waals surface area contributed by atoms with Crippen molar-refractivity contribution in [3.05, 3.63) is 34.6 Å². The van der Waals surface area contributed by atoms with Crippen molar-refractivity contribution in [2.24, 2.45) is 0 Å². The molecular weight excluding hydrogens is 203 g/mol. The molecule has 1 rings (SSSR count). The maximum Gasteiger partial charge on any atom is 0.338 e. The van der Waals surface area contributed by atoms with E-state index in [1.165, 1.54) is 0 Å². The number of carbonyl (C=O) groups is 2. The minimum absolute atomic E-state index is 0.445. The second-order valence-corrected chi connectivity index (χ2v) is 2.97. The highest BCUT2D eigenvalue weighted by molar-refractivity contribution is 5.94. The monoisotopic (exact) mass is 212 g/mol. The summed E-state index contributed by atoms with van der Waals surface area (Å²) in [5.41, 5.74) is -0.732. The fourth-order valence-electron chi connectivity index (χ4n) is 1.20. The van der Waals surface area contributed by atoms with Crippen molar-refractivity contribution in [2.45, 2.75) is 13.3 Å². The molecule has 0 aliphatic heterocycles. The zero-order chi connectivity index (χ0) is 11.6. The minimum atomic E-state index is -1.47. The first-order valence-electron chi connectivity index (χ1n) is 4.26. The zero-order valence-electron chi connectivity index (χ0n) is 7.95. The molecule has 0 fully saturated rings. The summed E-state index contributed by atoms with van der Waals surface area (Å²) >= 11 is 0. The van der Waals surface area contributed by atoms with E-state index in [1.54, 1.807) is 6.92 Å². The average molecular weight is 212 g/mol. The fourth-order valence-corrected chi connectivity index (χ4v) is 1.20. The molecule has 1 aromatic carbocycles. The van der Waals surface area contributed by atoms with E-state index >= 15 is 0 Å². The Morgan fingerprint density at radius 1 is 1.20 bits per heavy atom. The quantitative estimate of drug-likeness (QED) is 0.800. The van der Waals surface area contributed by atoms with Crippen molar-refractivity contribution in [1.29, 1.82) is 0 Å². The van der Waals surface area contributed by atoms with Gasteiger partial charge < -0.3 is 10.2 Å². The van der Waals surface area contributed by atoms with Crippen LogP contribution in [0.4, 0.5) is 4.39 Å². The molecule has 0 radical (unpaired) electrons. The summed E-state index contributed by atoms with van der Waals surface area (Å²) in [5, 5.41) is 17.3. The van der Waals surface area contributed by atoms with Crippen molar-refractivity contribution < 1.29 is 24.2 Å². The smallest absolute Gasteiger partial charge is 0.338 e. The van der Waals surface area contributed by atoms with Gasteiger partial charge in [0.05, 0.1) is 11.1 Å². The van der Waals surface area contributed by atoms with Crippen molar-refractivity contribution in [3.8, 4) is 0 Å². The topological polar surface area (TPSA) is 74.6 Å². The molecule has 0 bridgehead atoms. The Bertz CT molecular complexity index is 390. The van der Waals surface area contributed by atoms with Crippen molar-refractivity contribution >= 4 is 11.9 Å². The van der Waals surface area contributed by atoms with Gasteiger partial charge in [-0.15, -0.1) is 0 Å². The molecular formula is C10H9FO4. The molecule has 0 atom stereocenters. The molecule has 0 aliphatic rings. The number of benzene rings is 1. The van der Waals surface area contributed by atoms with Gasteiger partial charge in [-0.3, -0.25) is 0 Å². The van der Waals surface area contributed by atoms with Crippen molar-refractivity contribution in [2.75, 3.05) is 0 Å². The minimum Gasteiger partial charge on any atom is -0.478 e. The van der Waals surface area contributed by atoms with Crippen LogP contribution in [0.25, 0.3) is 0 Å². The van der Waals surface area contributed by atoms with Crippen LogP contribution in [0.1, 0.15) is 33.2 Å². The first-order chi connectivity index (χ1) is 6.97. The standard InChI is InChI=1S/C10H9FO4/c1-2-5-3-6(9(12)13)8(11)7(4-5)10(14)15/h3-4H,2H2,1H3,(H,12,13)(H,14,15). The summed E-state index contributed by atoms with van der Waals surface area (Å²) in [6, 6.07) is 2.29. The van der Waals surface area contributed by atoms with E-state index in [0.717, 1.165) is 12.1 Å². The first kappa shape index (κ1) is 11.2. The third-order valence-corrected chi connectivity index (χ3v) is 2.00. The summed E-state index contributed by atoms with van der Waals surface area (Å²) in [6.45, 7) is 1.73. The second-order valence-electron chi connectivity index (χ2n) is 2.97. The van der Waals surface area contributed by atoms with Crippen LogP contribution in [0.2, 0.25) is 0 Å². The molecule has 15 heavy (non-hydrogen) atoms. The maximum absolute atomic E-state index is 13.3. The van der Waals surface area contributed by atoms with Gasteiger partial charge >= 0.3 is 11.9 Å². The third-order valence-electron chi connectivity index (χ3n) is 2.00. The fraction of sp³-hybridized carbons (Fsp3) is 0.200. The molecule has 1 aromatic rings. The van der Waals surface area contributed by atoms with Crippen molar-refractivity contribution in [3.63, 3.8) is 0 Å². The van der Waals surface area contributed by atoms with Gasteiger partial charge in [-0.25, -0.2) is 14.0 Å². The predicted molar refractivity (Wildman–Crippen MR) is 49.7 cm³/mol. The molecule has 0 unspecified atom stereocenters. The van der Waals surface area contributed by atoms with Gasteiger partial charge in [0.25, 0.3) is 0 Å². The number of aryl methyl sites for hydroxylation is 1. The van der Waals surface area contributed by atoms with Crippen LogP contribution in [-0.2, 0) is 6.42 Å². The molecule has 0 heterocycles. The number of carboxylic acid groups (broad SMARTS) is 2. The highest BCUT2D eigenvalue weighted by Crippen LogP contribution is 2.17. The van der Waals surface area contributed by atoms with Gasteiger partial charge in [0.1, 0.15) is 0 Å². The lowest BCUT2D eigenvalue weighted by molar-refractivity contribution is 0.0687. The Labute approximate surface area is 85.0 Å². The zero-order valence-corrected chi connectivity index (χ0v) is 7.95. The van der Waals surface area contributed by atoms with E-state index in [2.05, 4.69) is 0 Å². The van der Waals surface area contributed by atoms with E-state index in [-0.39, 0.29) is 0 Å². The van der Waals surface area contributed by atoms with Crippen LogP contribution in [0, 0.1) is 5.82 Å². The molecule has 0 saturated carbocycles. The summed E-state index contributed by atoms with van der Waals surface area (Å²) in [6.07, 6.45) is 0.445. The molecule has 80 valence electrons. The predicted octanol–water partition coefficient (Wildman–Crippen LogP) is 1.78. The molecule has 5 heteroatoms. The van der Waals surface area contributed by atoms with Gasteiger partial charge in [-0.1, -0.05) is 6.92 Å². The highest BCUT2D eigenvalue weighted by Gasteiger charge is 2.19. The first-order valence-corrected chi connectivity index (χ1v) is 4.26. The van der Waals surface area contributed by atoms with Crippen LogP contribution in [0.5, 0.6) is 0 Å². The Balaban J connectivity index is 3.47. The molecule has 0 saturated heterocycles. The van der Waals surface area contributed by atoms with Crippen LogP contribution >= 0.6 is 0 Å². The Kier molecular flexibility index (Phi) is 3.04. The number of hydrogen-bond donors (Lipinski definition) is 2. The molecule has 0 aliphatic carbocycles. The summed E-state index contributed by atoms with van der Waals surface area (Å²) in [7, 11) is 0. The van der Waals surface area contributed by atoms with Gasteiger partial charge in [0.15, 0.2) is 5.82 Å². The lowest BCUT2D eigenvalue weighted by Crippen LogP contribution is -2.09. The van der Waals surface area contributed by atoms with Crippen LogP contribution in [0.3, 0.4) is 0 Å². The number of hydrogen-bond acceptors (Lipinski definition) is 2. The van der Waals surface area contributed by atoms with Crippen LogP contribution in [-0.4, -0.2) is 22.2 Å². The molecule has 4 nitrogen and oxygen atoms in total.